The van der Waals surface area contributed by atoms with E-state index in [2.05, 4.69) is 0 Å². The summed E-state index contributed by atoms with van der Waals surface area (Å²) in [6, 6.07) is 9.17. The molecule has 1 fully saturated rings. The number of hydrogen-bond acceptors (Lipinski definition) is 2. The Morgan fingerprint density at radius 1 is 1.27 bits per heavy atom. The van der Waals surface area contributed by atoms with E-state index < -0.39 is 17.8 Å². The second-order valence-electron chi connectivity index (χ2n) is 3.84. The number of carboxylic acid groups (broad SMARTS) is 1. The molecule has 0 radical (unpaired) electrons. The lowest BCUT2D eigenvalue weighted by Crippen LogP contribution is -2.20. The van der Waals surface area contributed by atoms with Gasteiger partial charge in [-0.2, -0.15) is 0 Å². The van der Waals surface area contributed by atoms with E-state index in [4.69, 9.17) is 5.11 Å². The molecule has 2 rings (SSSR count). The number of rotatable bonds is 2. The molecule has 1 aromatic carbocycles. The van der Waals surface area contributed by atoms with Crippen molar-refractivity contribution in [3.63, 3.8) is 0 Å². The average molecular weight is 204 g/mol. The Labute approximate surface area is 87.7 Å². The van der Waals surface area contributed by atoms with Crippen molar-refractivity contribution in [1.82, 2.24) is 0 Å². The summed E-state index contributed by atoms with van der Waals surface area (Å²) in [5.74, 6) is -1.80. The summed E-state index contributed by atoms with van der Waals surface area (Å²) >= 11 is 0. The first kappa shape index (κ1) is 9.90. The van der Waals surface area contributed by atoms with Gasteiger partial charge in [0.15, 0.2) is 0 Å². The molecule has 0 bridgehead atoms. The minimum Gasteiger partial charge on any atom is -0.481 e. The van der Waals surface area contributed by atoms with E-state index in [1.807, 2.05) is 30.3 Å². The van der Waals surface area contributed by atoms with Crippen LogP contribution in [0.5, 0.6) is 0 Å². The molecular formula is C12H12O3. The van der Waals surface area contributed by atoms with Crippen molar-refractivity contribution in [3.05, 3.63) is 35.9 Å². The predicted octanol–water partition coefficient (Wildman–Crippen LogP) is 1.83. The first-order chi connectivity index (χ1) is 7.20. The molecule has 15 heavy (non-hydrogen) atoms. The smallest absolute Gasteiger partial charge is 0.307 e. The van der Waals surface area contributed by atoms with Gasteiger partial charge < -0.3 is 5.11 Å². The Morgan fingerprint density at radius 2 is 1.93 bits per heavy atom. The highest BCUT2D eigenvalue weighted by Gasteiger charge is 2.39. The van der Waals surface area contributed by atoms with Crippen LogP contribution in [-0.2, 0) is 9.59 Å². The SMILES string of the molecule is O=C1CC[C@@H](C(=O)O)[C@H]1c1ccccc1. The lowest BCUT2D eigenvalue weighted by atomic mass is 9.88. The number of carbonyl (C=O) groups excluding carboxylic acids is 1. The predicted molar refractivity (Wildman–Crippen MR) is 54.5 cm³/mol. The minimum absolute atomic E-state index is 0.0496. The summed E-state index contributed by atoms with van der Waals surface area (Å²) in [7, 11) is 0. The lowest BCUT2D eigenvalue weighted by molar-refractivity contribution is -0.142. The zero-order valence-corrected chi connectivity index (χ0v) is 8.22. The average Bonchev–Trinajstić information content (AvgIpc) is 2.61. The number of ketones is 1. The zero-order chi connectivity index (χ0) is 10.8. The number of Topliss-reactive ketones (excluding diaryl/α,β-unsaturated/α-hetero) is 1. The van der Waals surface area contributed by atoms with Crippen LogP contribution >= 0.6 is 0 Å². The third kappa shape index (κ3) is 1.77. The molecule has 0 aliphatic heterocycles. The van der Waals surface area contributed by atoms with Crippen LogP contribution in [0.25, 0.3) is 0 Å². The van der Waals surface area contributed by atoms with Crippen LogP contribution in [0.2, 0.25) is 0 Å². The molecule has 2 atom stereocenters. The van der Waals surface area contributed by atoms with Gasteiger partial charge in [0.2, 0.25) is 0 Å². The highest BCUT2D eigenvalue weighted by molar-refractivity contribution is 5.93. The number of hydrogen-bond donors (Lipinski definition) is 1. The van der Waals surface area contributed by atoms with Crippen molar-refractivity contribution in [2.24, 2.45) is 5.92 Å². The molecule has 0 aromatic heterocycles. The van der Waals surface area contributed by atoms with Crippen molar-refractivity contribution >= 4 is 11.8 Å². The maximum atomic E-state index is 11.6. The van der Waals surface area contributed by atoms with Gasteiger partial charge in [-0.05, 0) is 12.0 Å². The second kappa shape index (κ2) is 3.85. The monoisotopic (exact) mass is 204 g/mol. The summed E-state index contributed by atoms with van der Waals surface area (Å²) in [5.41, 5.74) is 0.826. The molecule has 0 spiro atoms. The van der Waals surface area contributed by atoms with E-state index in [9.17, 15) is 9.59 Å². The van der Waals surface area contributed by atoms with Gasteiger partial charge in [-0.15, -0.1) is 0 Å². The number of carbonyl (C=O) groups is 2. The topological polar surface area (TPSA) is 54.4 Å². The van der Waals surface area contributed by atoms with Crippen molar-refractivity contribution in [3.8, 4) is 0 Å². The van der Waals surface area contributed by atoms with Crippen molar-refractivity contribution < 1.29 is 14.7 Å². The van der Waals surface area contributed by atoms with Gasteiger partial charge in [0, 0.05) is 6.42 Å². The first-order valence-corrected chi connectivity index (χ1v) is 5.00. The van der Waals surface area contributed by atoms with E-state index in [-0.39, 0.29) is 5.78 Å². The quantitative estimate of drug-likeness (QED) is 0.799. The van der Waals surface area contributed by atoms with Crippen molar-refractivity contribution in [1.29, 1.82) is 0 Å². The number of carboxylic acids is 1. The van der Waals surface area contributed by atoms with Crippen LogP contribution in [0.4, 0.5) is 0 Å². The molecule has 78 valence electrons. The Hall–Kier alpha value is -1.64. The Morgan fingerprint density at radius 3 is 2.53 bits per heavy atom. The molecule has 1 aliphatic carbocycles. The third-order valence-electron chi connectivity index (χ3n) is 2.93. The van der Waals surface area contributed by atoms with Crippen LogP contribution in [0, 0.1) is 5.92 Å². The minimum atomic E-state index is -0.866. The highest BCUT2D eigenvalue weighted by atomic mass is 16.4. The highest BCUT2D eigenvalue weighted by Crippen LogP contribution is 2.36. The summed E-state index contributed by atoms with van der Waals surface area (Å²) in [6.07, 6.45) is 0.851. The fourth-order valence-electron chi connectivity index (χ4n) is 2.19. The van der Waals surface area contributed by atoms with E-state index in [0.717, 1.165) is 5.56 Å². The Bertz CT molecular complexity index is 383. The molecule has 0 amide bonds. The molecule has 1 aromatic rings. The molecule has 3 heteroatoms. The van der Waals surface area contributed by atoms with Crippen molar-refractivity contribution in [2.45, 2.75) is 18.8 Å². The zero-order valence-electron chi connectivity index (χ0n) is 8.22. The molecule has 1 aliphatic rings. The molecule has 0 heterocycles. The van der Waals surface area contributed by atoms with Gasteiger partial charge in [0.25, 0.3) is 0 Å². The fraction of sp³-hybridized carbons (Fsp3) is 0.333. The van der Waals surface area contributed by atoms with Crippen LogP contribution in [-0.4, -0.2) is 16.9 Å². The summed E-state index contributed by atoms with van der Waals surface area (Å²) in [4.78, 5) is 22.6. The standard InChI is InChI=1S/C12H12O3/c13-10-7-6-9(12(14)15)11(10)8-4-2-1-3-5-8/h1-5,9,11H,6-7H2,(H,14,15)/t9-,11-/m1/s1. The van der Waals surface area contributed by atoms with Gasteiger partial charge in [-0.3, -0.25) is 9.59 Å². The van der Waals surface area contributed by atoms with E-state index in [0.29, 0.717) is 12.8 Å². The van der Waals surface area contributed by atoms with Crippen LogP contribution in [0.15, 0.2) is 30.3 Å². The Kier molecular flexibility index (Phi) is 2.54. The maximum absolute atomic E-state index is 11.6. The van der Waals surface area contributed by atoms with E-state index in [1.54, 1.807) is 0 Å². The van der Waals surface area contributed by atoms with Crippen LogP contribution in [0.3, 0.4) is 0 Å². The van der Waals surface area contributed by atoms with Crippen molar-refractivity contribution in [2.75, 3.05) is 0 Å². The van der Waals surface area contributed by atoms with Crippen LogP contribution < -0.4 is 0 Å². The molecule has 3 nitrogen and oxygen atoms in total. The van der Waals surface area contributed by atoms with E-state index >= 15 is 0 Å². The molecule has 0 unspecified atom stereocenters. The molecule has 0 saturated heterocycles. The fourth-order valence-corrected chi connectivity index (χ4v) is 2.19. The van der Waals surface area contributed by atoms with Gasteiger partial charge in [0.1, 0.15) is 5.78 Å². The maximum Gasteiger partial charge on any atom is 0.307 e. The largest absolute Gasteiger partial charge is 0.481 e. The van der Waals surface area contributed by atoms with Gasteiger partial charge in [-0.25, -0.2) is 0 Å². The number of aliphatic carboxylic acids is 1. The number of benzene rings is 1. The molecule has 1 N–H and O–H groups in total. The van der Waals surface area contributed by atoms with Gasteiger partial charge >= 0.3 is 5.97 Å². The van der Waals surface area contributed by atoms with Crippen LogP contribution in [0.1, 0.15) is 24.3 Å². The van der Waals surface area contributed by atoms with E-state index in [1.165, 1.54) is 0 Å². The van der Waals surface area contributed by atoms with Gasteiger partial charge in [-0.1, -0.05) is 30.3 Å². The second-order valence-corrected chi connectivity index (χ2v) is 3.84. The molecule has 1 saturated carbocycles. The molecular weight excluding hydrogens is 192 g/mol. The summed E-state index contributed by atoms with van der Waals surface area (Å²) in [5, 5.41) is 9.01. The third-order valence-corrected chi connectivity index (χ3v) is 2.93. The van der Waals surface area contributed by atoms with Gasteiger partial charge in [0.05, 0.1) is 11.8 Å². The summed E-state index contributed by atoms with van der Waals surface area (Å²) in [6.45, 7) is 0. The normalized spacial score (nSPS) is 25.5. The Balaban J connectivity index is 2.33. The first-order valence-electron chi connectivity index (χ1n) is 5.00. The lowest BCUT2D eigenvalue weighted by Gasteiger charge is -2.14. The summed E-state index contributed by atoms with van der Waals surface area (Å²) < 4.78 is 0.